The highest BCUT2D eigenvalue weighted by Gasteiger charge is 2.35. The lowest BCUT2D eigenvalue weighted by Crippen LogP contribution is -2.30. The molecule has 0 radical (unpaired) electrons. The minimum absolute atomic E-state index is 0.0428. The Labute approximate surface area is 140 Å². The van der Waals surface area contributed by atoms with Gasteiger partial charge in [-0.05, 0) is 36.1 Å². The molecule has 0 aliphatic carbocycles. The Bertz CT molecular complexity index is 677. The highest BCUT2D eigenvalue weighted by atomic mass is 16.4. The molecule has 5 nitrogen and oxygen atoms in total. The van der Waals surface area contributed by atoms with Crippen molar-refractivity contribution >= 4 is 17.6 Å². The number of benzene rings is 2. The van der Waals surface area contributed by atoms with Crippen molar-refractivity contribution in [2.75, 3.05) is 5.73 Å². The Morgan fingerprint density at radius 3 is 1.71 bits per heavy atom. The van der Waals surface area contributed by atoms with Crippen molar-refractivity contribution in [3.63, 3.8) is 0 Å². The molecule has 5 heteroatoms. The zero-order valence-corrected chi connectivity index (χ0v) is 13.3. The Morgan fingerprint density at radius 2 is 1.25 bits per heavy atom. The predicted molar refractivity (Wildman–Crippen MR) is 91.8 cm³/mol. The smallest absolute Gasteiger partial charge is 0.303 e. The van der Waals surface area contributed by atoms with E-state index in [1.54, 1.807) is 12.1 Å². The van der Waals surface area contributed by atoms with E-state index in [0.29, 0.717) is 18.5 Å². The summed E-state index contributed by atoms with van der Waals surface area (Å²) in [6.07, 6.45) is 0.560. The Morgan fingerprint density at radius 1 is 0.792 bits per heavy atom. The third-order valence-corrected chi connectivity index (χ3v) is 4.32. The van der Waals surface area contributed by atoms with Gasteiger partial charge in [0.2, 0.25) is 0 Å². The summed E-state index contributed by atoms with van der Waals surface area (Å²) in [6.45, 7) is 0. The molecule has 2 aromatic carbocycles. The molecule has 24 heavy (non-hydrogen) atoms. The lowest BCUT2D eigenvalue weighted by Gasteiger charge is -2.35. The third-order valence-electron chi connectivity index (χ3n) is 4.32. The fourth-order valence-corrected chi connectivity index (χ4v) is 3.07. The predicted octanol–water partition coefficient (Wildman–Crippen LogP) is 3.28. The zero-order valence-electron chi connectivity index (χ0n) is 13.3. The molecule has 4 N–H and O–H groups in total. The summed E-state index contributed by atoms with van der Waals surface area (Å²) in [5.41, 5.74) is 7.49. The average Bonchev–Trinajstić information content (AvgIpc) is 2.57. The molecule has 0 saturated carbocycles. The molecule has 0 atom stereocenters. The van der Waals surface area contributed by atoms with E-state index in [9.17, 15) is 9.59 Å². The number of carbonyl (C=O) groups is 2. The summed E-state index contributed by atoms with van der Waals surface area (Å²) in [6, 6.07) is 16.7. The van der Waals surface area contributed by atoms with Crippen LogP contribution < -0.4 is 5.73 Å². The van der Waals surface area contributed by atoms with Gasteiger partial charge in [-0.1, -0.05) is 42.5 Å². The maximum atomic E-state index is 11.2. The monoisotopic (exact) mass is 327 g/mol. The summed E-state index contributed by atoms with van der Waals surface area (Å²) < 4.78 is 0. The second kappa shape index (κ2) is 7.64. The molecule has 0 fully saturated rings. The first-order valence-corrected chi connectivity index (χ1v) is 7.79. The van der Waals surface area contributed by atoms with Gasteiger partial charge in [-0.15, -0.1) is 0 Å². The van der Waals surface area contributed by atoms with Crippen LogP contribution in [0.5, 0.6) is 0 Å². The molecule has 0 bridgehead atoms. The quantitative estimate of drug-likeness (QED) is 0.646. The summed E-state index contributed by atoms with van der Waals surface area (Å²) in [4.78, 5) is 22.3. The van der Waals surface area contributed by atoms with Crippen LogP contribution in [0, 0.1) is 0 Å². The van der Waals surface area contributed by atoms with Crippen molar-refractivity contribution in [1.82, 2.24) is 0 Å². The lowest BCUT2D eigenvalue weighted by molar-refractivity contribution is -0.137. The molecular weight excluding hydrogens is 306 g/mol. The molecule has 126 valence electrons. The Kier molecular flexibility index (Phi) is 5.58. The van der Waals surface area contributed by atoms with Crippen molar-refractivity contribution in [1.29, 1.82) is 0 Å². The molecule has 0 saturated heterocycles. The fourth-order valence-electron chi connectivity index (χ4n) is 3.07. The second-order valence-electron chi connectivity index (χ2n) is 5.86. The van der Waals surface area contributed by atoms with E-state index in [2.05, 4.69) is 0 Å². The molecule has 0 spiro atoms. The minimum Gasteiger partial charge on any atom is -0.481 e. The van der Waals surface area contributed by atoms with Crippen molar-refractivity contribution in [2.45, 2.75) is 31.1 Å². The second-order valence-corrected chi connectivity index (χ2v) is 5.86. The van der Waals surface area contributed by atoms with Crippen molar-refractivity contribution in [3.8, 4) is 0 Å². The maximum absolute atomic E-state index is 11.2. The number of hydrogen-bond donors (Lipinski definition) is 3. The van der Waals surface area contributed by atoms with E-state index >= 15 is 0 Å². The fraction of sp³-hybridized carbons (Fsp3) is 0.263. The number of hydrogen-bond acceptors (Lipinski definition) is 3. The van der Waals surface area contributed by atoms with Crippen LogP contribution >= 0.6 is 0 Å². The van der Waals surface area contributed by atoms with Gasteiger partial charge in [-0.2, -0.15) is 0 Å². The number of aliphatic carboxylic acids is 2. The van der Waals surface area contributed by atoms with E-state index in [-0.39, 0.29) is 12.8 Å². The van der Waals surface area contributed by atoms with E-state index in [4.69, 9.17) is 15.9 Å². The number of anilines is 1. The van der Waals surface area contributed by atoms with Crippen LogP contribution in [-0.4, -0.2) is 22.2 Å². The Balaban J connectivity index is 2.54. The van der Waals surface area contributed by atoms with Gasteiger partial charge in [-0.25, -0.2) is 0 Å². The zero-order chi connectivity index (χ0) is 17.6. The van der Waals surface area contributed by atoms with E-state index < -0.39 is 17.4 Å². The molecule has 0 unspecified atom stereocenters. The van der Waals surface area contributed by atoms with Crippen LogP contribution in [0.2, 0.25) is 0 Å². The van der Waals surface area contributed by atoms with Crippen molar-refractivity contribution < 1.29 is 19.8 Å². The largest absolute Gasteiger partial charge is 0.481 e. The molecule has 0 amide bonds. The van der Waals surface area contributed by atoms with Gasteiger partial charge in [0.05, 0.1) is 0 Å². The van der Waals surface area contributed by atoms with Crippen LogP contribution in [0.15, 0.2) is 54.6 Å². The number of rotatable bonds is 8. The van der Waals surface area contributed by atoms with Gasteiger partial charge in [0.1, 0.15) is 0 Å². The molecule has 2 rings (SSSR count). The number of nitrogens with two attached hydrogens (primary N) is 1. The van der Waals surface area contributed by atoms with Gasteiger partial charge in [0.25, 0.3) is 0 Å². The number of carboxylic acid groups (broad SMARTS) is 2. The van der Waals surface area contributed by atoms with Crippen LogP contribution in [0.3, 0.4) is 0 Å². The first kappa shape index (κ1) is 17.5. The van der Waals surface area contributed by atoms with Crippen molar-refractivity contribution in [3.05, 3.63) is 65.7 Å². The van der Waals surface area contributed by atoms with Gasteiger partial charge >= 0.3 is 11.9 Å². The van der Waals surface area contributed by atoms with Crippen LogP contribution in [0.1, 0.15) is 36.8 Å². The van der Waals surface area contributed by atoms with Gasteiger partial charge in [-0.3, -0.25) is 9.59 Å². The summed E-state index contributed by atoms with van der Waals surface area (Å²) >= 11 is 0. The summed E-state index contributed by atoms with van der Waals surface area (Å²) in [5.74, 6) is -1.80. The normalized spacial score (nSPS) is 11.2. The van der Waals surface area contributed by atoms with Gasteiger partial charge < -0.3 is 15.9 Å². The minimum atomic E-state index is -0.902. The molecular formula is C19H21NO4. The first-order valence-electron chi connectivity index (χ1n) is 7.79. The first-order chi connectivity index (χ1) is 11.4. The lowest BCUT2D eigenvalue weighted by atomic mass is 9.68. The van der Waals surface area contributed by atoms with Gasteiger partial charge in [0.15, 0.2) is 0 Å². The molecule has 2 aromatic rings. The van der Waals surface area contributed by atoms with Crippen molar-refractivity contribution in [2.24, 2.45) is 0 Å². The van der Waals surface area contributed by atoms with Crippen LogP contribution in [-0.2, 0) is 15.0 Å². The summed E-state index contributed by atoms with van der Waals surface area (Å²) in [7, 11) is 0. The van der Waals surface area contributed by atoms with E-state index in [0.717, 1.165) is 11.1 Å². The van der Waals surface area contributed by atoms with Gasteiger partial charge in [0, 0.05) is 23.9 Å². The molecule has 0 aliphatic heterocycles. The van der Waals surface area contributed by atoms with Crippen LogP contribution in [0.25, 0.3) is 0 Å². The molecule has 0 heterocycles. The SMILES string of the molecule is Nc1ccc(C(CCC(=O)O)(CCC(=O)O)c2ccccc2)cc1. The maximum Gasteiger partial charge on any atom is 0.303 e. The summed E-state index contributed by atoms with van der Waals surface area (Å²) in [5, 5.41) is 18.3. The van der Waals surface area contributed by atoms with E-state index in [1.165, 1.54) is 0 Å². The van der Waals surface area contributed by atoms with E-state index in [1.807, 2.05) is 42.5 Å². The molecule has 0 aliphatic rings. The Hall–Kier alpha value is -2.82. The van der Waals surface area contributed by atoms with Crippen LogP contribution in [0.4, 0.5) is 5.69 Å². The number of nitrogen functional groups attached to an aromatic ring is 1. The third kappa shape index (κ3) is 4.13. The highest BCUT2D eigenvalue weighted by Crippen LogP contribution is 2.41. The number of carboxylic acids is 2. The topological polar surface area (TPSA) is 101 Å². The standard InChI is InChI=1S/C19H21NO4/c20-16-8-6-15(7-9-16)19(12-10-17(21)22,13-11-18(23)24)14-4-2-1-3-5-14/h1-9H,10-13,20H2,(H,21,22)(H,23,24). The average molecular weight is 327 g/mol. The highest BCUT2D eigenvalue weighted by molar-refractivity contribution is 5.68. The molecule has 0 aromatic heterocycles.